The predicted molar refractivity (Wildman–Crippen MR) is 415 cm³/mol. The number of hydrogen-bond donors (Lipinski definition) is 12. The number of carbonyl (C=O) groups is 1. The minimum atomic E-state index is -1.98. The maximum absolute atomic E-state index is 13.5. The summed E-state index contributed by atoms with van der Waals surface area (Å²) < 4.78 is 34.5. The van der Waals surface area contributed by atoms with E-state index in [1.807, 2.05) is 6.08 Å². The average molecular weight is 1480 g/mol. The van der Waals surface area contributed by atoms with Crippen LogP contribution in [-0.2, 0) is 33.2 Å². The average Bonchev–Trinajstić information content (AvgIpc) is 0.783. The summed E-state index contributed by atoms with van der Waals surface area (Å²) in [5.41, 5.74) is 0. The molecule has 0 saturated carbocycles. The zero-order valence-corrected chi connectivity index (χ0v) is 65.0. The smallest absolute Gasteiger partial charge is 0.220 e. The fraction of sp³-hybridized carbons (Fsp3) is 0.847. The number of aliphatic hydroxyl groups excluding tert-OH is 11. The van der Waals surface area contributed by atoms with Crippen molar-refractivity contribution in [1.82, 2.24) is 5.32 Å². The van der Waals surface area contributed by atoms with Crippen molar-refractivity contribution in [3.8, 4) is 0 Å². The van der Waals surface area contributed by atoms with E-state index >= 15 is 0 Å². The van der Waals surface area contributed by atoms with Gasteiger partial charge in [-0.25, -0.2) is 0 Å². The molecule has 0 radical (unpaired) electrons. The molecule has 0 spiro atoms. The van der Waals surface area contributed by atoms with Crippen LogP contribution in [0.5, 0.6) is 0 Å². The molecular weight excluding hydrogens is 1320 g/mol. The molecular formula is C85H153NO18. The number of carbonyl (C=O) groups excluding carboxylic acids is 1. The number of ether oxygens (including phenoxy) is 6. The lowest BCUT2D eigenvalue weighted by Gasteiger charge is -2.48. The van der Waals surface area contributed by atoms with Gasteiger partial charge in [0.25, 0.3) is 0 Å². The molecule has 17 unspecified atom stereocenters. The molecule has 3 aliphatic heterocycles. The van der Waals surface area contributed by atoms with Gasteiger partial charge in [0.1, 0.15) is 73.2 Å². The van der Waals surface area contributed by atoms with Crippen LogP contribution in [0, 0.1) is 0 Å². The van der Waals surface area contributed by atoms with Crippen molar-refractivity contribution < 1.29 is 89.4 Å². The molecule has 3 aliphatic rings. The fourth-order valence-electron chi connectivity index (χ4n) is 14.0. The highest BCUT2D eigenvalue weighted by atomic mass is 16.8. The number of nitrogens with one attached hydrogen (secondary N) is 1. The minimum absolute atomic E-state index is 0.237. The van der Waals surface area contributed by atoms with Crippen molar-refractivity contribution in [3.05, 3.63) is 72.9 Å². The Kier molecular flexibility index (Phi) is 59.6. The van der Waals surface area contributed by atoms with Gasteiger partial charge in [-0.2, -0.15) is 0 Å². The van der Waals surface area contributed by atoms with Gasteiger partial charge < -0.3 is 89.9 Å². The van der Waals surface area contributed by atoms with Crippen LogP contribution in [0.2, 0.25) is 0 Å². The third-order valence-electron chi connectivity index (χ3n) is 20.8. The number of rotatable bonds is 67. The van der Waals surface area contributed by atoms with Crippen LogP contribution in [0.4, 0.5) is 0 Å². The van der Waals surface area contributed by atoms with E-state index in [1.165, 1.54) is 212 Å². The lowest BCUT2D eigenvalue weighted by atomic mass is 9.96. The standard InChI is InChI=1S/C85H153NO18/c1-3-5-7-9-11-13-15-17-19-21-23-25-27-29-31-32-33-34-35-37-38-40-42-44-46-48-50-52-54-56-58-60-62-69(90)68(86-73(91)63-61-59-57-55-53-51-49-47-45-43-41-39-36-30-28-26-24-22-20-18-16-14-12-10-8-6-4-2)67-99-83-79(97)76(94)81(71(65-88)101-83)104-85-80(98)77(95)82(72(66-89)102-85)103-84-78(96)75(93)74(92)70(64-87)100-84/h6,8,12,14,18,20,24,26,30,36,60,62,68-72,74-85,87-90,92-98H,3-5,7,9-11,13,15-17,19,21-23,25,27-29,31-35,37-59,61,63-67H2,1-2H3,(H,86,91)/b8-6-,14-12-,20-18-,26-24-,36-30-,62-60+. The molecule has 3 heterocycles. The first-order chi connectivity index (χ1) is 50.8. The van der Waals surface area contributed by atoms with Gasteiger partial charge in [-0.3, -0.25) is 4.79 Å². The van der Waals surface area contributed by atoms with E-state index in [0.717, 1.165) is 89.9 Å². The molecule has 19 nitrogen and oxygen atoms in total. The summed E-state index contributed by atoms with van der Waals surface area (Å²) in [5.74, 6) is -0.277. The van der Waals surface area contributed by atoms with Gasteiger partial charge in [-0.15, -0.1) is 0 Å². The van der Waals surface area contributed by atoms with Gasteiger partial charge in [0, 0.05) is 6.42 Å². The van der Waals surface area contributed by atoms with Crippen molar-refractivity contribution in [3.63, 3.8) is 0 Å². The van der Waals surface area contributed by atoms with Crippen LogP contribution in [0.25, 0.3) is 0 Å². The van der Waals surface area contributed by atoms with Crippen molar-refractivity contribution in [2.75, 3.05) is 26.4 Å². The van der Waals surface area contributed by atoms with Crippen LogP contribution in [0.15, 0.2) is 72.9 Å². The second-order valence-electron chi connectivity index (χ2n) is 29.9. The largest absolute Gasteiger partial charge is 0.394 e. The van der Waals surface area contributed by atoms with E-state index in [1.54, 1.807) is 6.08 Å². The predicted octanol–water partition coefficient (Wildman–Crippen LogP) is 14.8. The Labute approximate surface area is 629 Å². The van der Waals surface area contributed by atoms with Gasteiger partial charge in [-0.05, 0) is 64.2 Å². The highest BCUT2D eigenvalue weighted by molar-refractivity contribution is 5.76. The van der Waals surface area contributed by atoms with E-state index in [9.17, 15) is 61.0 Å². The van der Waals surface area contributed by atoms with Crippen LogP contribution in [0.1, 0.15) is 328 Å². The molecule has 19 heteroatoms. The molecule has 12 N–H and O–H groups in total. The van der Waals surface area contributed by atoms with Crippen molar-refractivity contribution in [2.45, 2.75) is 433 Å². The summed E-state index contributed by atoms with van der Waals surface area (Å²) in [7, 11) is 0. The van der Waals surface area contributed by atoms with E-state index < -0.39 is 124 Å². The van der Waals surface area contributed by atoms with Crippen LogP contribution in [0.3, 0.4) is 0 Å². The van der Waals surface area contributed by atoms with Crippen molar-refractivity contribution in [1.29, 1.82) is 0 Å². The highest BCUT2D eigenvalue weighted by Gasteiger charge is 2.54. The summed E-state index contributed by atoms with van der Waals surface area (Å²) in [4.78, 5) is 13.5. The lowest BCUT2D eigenvalue weighted by molar-refractivity contribution is -0.379. The molecule has 3 saturated heterocycles. The summed E-state index contributed by atoms with van der Waals surface area (Å²) in [6, 6.07) is -0.981. The zero-order chi connectivity index (χ0) is 75.3. The molecule has 3 fully saturated rings. The molecule has 3 rings (SSSR count). The third-order valence-corrected chi connectivity index (χ3v) is 20.8. The highest BCUT2D eigenvalue weighted by Crippen LogP contribution is 2.33. The van der Waals surface area contributed by atoms with E-state index in [4.69, 9.17) is 28.4 Å². The Bertz CT molecular complexity index is 2160. The molecule has 104 heavy (non-hydrogen) atoms. The normalized spacial score (nSPS) is 26.3. The Morgan fingerprint density at radius 2 is 0.663 bits per heavy atom. The van der Waals surface area contributed by atoms with Gasteiger partial charge in [0.05, 0.1) is 38.6 Å². The number of amides is 1. The Balaban J connectivity index is 1.36. The quantitative estimate of drug-likeness (QED) is 0.0199. The summed E-state index contributed by atoms with van der Waals surface area (Å²) in [5, 5.41) is 121. The summed E-state index contributed by atoms with van der Waals surface area (Å²) in [6.07, 6.45) is 58.9. The Hall–Kier alpha value is -2.77. The maximum Gasteiger partial charge on any atom is 0.220 e. The monoisotopic (exact) mass is 1480 g/mol. The van der Waals surface area contributed by atoms with E-state index in [2.05, 4.69) is 79.9 Å². The maximum atomic E-state index is 13.5. The number of hydrogen-bond acceptors (Lipinski definition) is 18. The molecule has 606 valence electrons. The number of aliphatic hydroxyl groups is 11. The van der Waals surface area contributed by atoms with E-state index in [-0.39, 0.29) is 18.9 Å². The van der Waals surface area contributed by atoms with Gasteiger partial charge in [0.15, 0.2) is 18.9 Å². The first kappa shape index (κ1) is 95.4. The Morgan fingerprint density at radius 3 is 1.04 bits per heavy atom. The van der Waals surface area contributed by atoms with Crippen molar-refractivity contribution >= 4 is 5.91 Å². The molecule has 0 aromatic rings. The second kappa shape index (κ2) is 65.0. The fourth-order valence-corrected chi connectivity index (χ4v) is 14.0. The van der Waals surface area contributed by atoms with Gasteiger partial charge in [0.2, 0.25) is 5.91 Å². The summed E-state index contributed by atoms with van der Waals surface area (Å²) in [6.45, 7) is 1.66. The van der Waals surface area contributed by atoms with Gasteiger partial charge >= 0.3 is 0 Å². The molecule has 1 amide bonds. The molecule has 0 bridgehead atoms. The molecule has 17 atom stereocenters. The van der Waals surface area contributed by atoms with Crippen LogP contribution < -0.4 is 5.32 Å². The molecule has 0 aliphatic carbocycles. The number of unbranched alkanes of at least 4 members (excludes halogenated alkanes) is 41. The Morgan fingerprint density at radius 1 is 0.356 bits per heavy atom. The minimum Gasteiger partial charge on any atom is -0.394 e. The first-order valence-corrected chi connectivity index (χ1v) is 42.2. The first-order valence-electron chi connectivity index (χ1n) is 42.2. The third kappa shape index (κ3) is 44.2. The zero-order valence-electron chi connectivity index (χ0n) is 65.0. The lowest BCUT2D eigenvalue weighted by Crippen LogP contribution is -2.66. The molecule has 0 aromatic heterocycles. The second-order valence-corrected chi connectivity index (χ2v) is 29.9. The van der Waals surface area contributed by atoms with Gasteiger partial charge in [-0.1, -0.05) is 331 Å². The van der Waals surface area contributed by atoms with Crippen molar-refractivity contribution in [2.24, 2.45) is 0 Å². The van der Waals surface area contributed by atoms with Crippen LogP contribution >= 0.6 is 0 Å². The number of allylic oxidation sites excluding steroid dienone is 11. The van der Waals surface area contributed by atoms with E-state index in [0.29, 0.717) is 6.42 Å². The van der Waals surface area contributed by atoms with Crippen LogP contribution in [-0.4, -0.2) is 193 Å². The summed E-state index contributed by atoms with van der Waals surface area (Å²) >= 11 is 0. The topological polar surface area (TPSA) is 307 Å². The SMILES string of the molecule is CC/C=C\C/C=C\C/C=C\C/C=C\C/C=C\CCCCCCCCCCCCCC(=O)NC(COC1OC(CO)C(OC2OC(CO)C(OC3OC(CO)C(O)C(O)C3O)C(O)C2O)C(O)C1O)C(O)/C=C/CCCCCCCCCCCCCCCCCCCCCCCCCCCCCCCC. The molecule has 0 aromatic carbocycles.